The number of halogens is 1. The molecule has 2 N–H and O–H groups in total. The van der Waals surface area contributed by atoms with Crippen molar-refractivity contribution >= 4 is 39.3 Å². The number of carbonyl (C=O) groups excluding carboxylic acids is 1. The van der Waals surface area contributed by atoms with Gasteiger partial charge in [0.25, 0.3) is 0 Å². The Morgan fingerprint density at radius 3 is 2.50 bits per heavy atom. The number of piperidine rings is 1. The summed E-state index contributed by atoms with van der Waals surface area (Å²) in [6, 6.07) is 18.0. The molecule has 0 bridgehead atoms. The van der Waals surface area contributed by atoms with Crippen LogP contribution >= 0.6 is 11.6 Å². The molecule has 1 fully saturated rings. The van der Waals surface area contributed by atoms with Gasteiger partial charge in [0.2, 0.25) is 5.91 Å². The van der Waals surface area contributed by atoms with E-state index in [4.69, 9.17) is 17.3 Å². The van der Waals surface area contributed by atoms with Crippen LogP contribution in [0.5, 0.6) is 0 Å². The van der Waals surface area contributed by atoms with Crippen molar-refractivity contribution in [3.05, 3.63) is 81.2 Å². The number of aromatic nitrogens is 2. The normalized spacial score (nSPS) is 19.8. The van der Waals surface area contributed by atoms with Crippen molar-refractivity contribution in [2.45, 2.75) is 44.3 Å². The minimum Gasteiger partial charge on any atom is -0.368 e. The quantitative estimate of drug-likeness (QED) is 0.470. The van der Waals surface area contributed by atoms with Crippen LogP contribution in [-0.2, 0) is 11.2 Å². The second kappa shape index (κ2) is 8.00. The number of imidazole rings is 1. The van der Waals surface area contributed by atoms with Gasteiger partial charge in [0.15, 0.2) is 0 Å². The summed E-state index contributed by atoms with van der Waals surface area (Å²) in [6.45, 7) is 3.48. The van der Waals surface area contributed by atoms with Crippen LogP contribution in [0.2, 0.25) is 5.02 Å². The van der Waals surface area contributed by atoms with Gasteiger partial charge in [-0.1, -0.05) is 48.0 Å². The highest BCUT2D eigenvalue weighted by atomic mass is 35.5. The van der Waals surface area contributed by atoms with Crippen molar-refractivity contribution in [1.82, 2.24) is 14.0 Å². The van der Waals surface area contributed by atoms with Crippen molar-refractivity contribution in [3.63, 3.8) is 0 Å². The number of rotatable bonds is 4. The smallest absolute Gasteiger partial charge is 0.330 e. The van der Waals surface area contributed by atoms with Crippen LogP contribution in [-0.4, -0.2) is 33.0 Å². The number of fused-ring (bicyclic) bond motifs is 1. The van der Waals surface area contributed by atoms with E-state index in [-0.39, 0.29) is 11.7 Å². The van der Waals surface area contributed by atoms with Gasteiger partial charge in [-0.2, -0.15) is 0 Å². The highest BCUT2D eigenvalue weighted by Crippen LogP contribution is 2.44. The fourth-order valence-corrected chi connectivity index (χ4v) is 6.30. The van der Waals surface area contributed by atoms with Gasteiger partial charge in [0.1, 0.15) is 6.04 Å². The van der Waals surface area contributed by atoms with Crippen molar-refractivity contribution in [3.8, 4) is 0 Å². The fourth-order valence-electron chi connectivity index (χ4n) is 6.07. The summed E-state index contributed by atoms with van der Waals surface area (Å²) in [7, 11) is 0. The number of hydrogen-bond acceptors (Lipinski definition) is 3. The molecular formula is C27H27ClN4O2. The largest absolute Gasteiger partial charge is 0.368 e. The van der Waals surface area contributed by atoms with Crippen LogP contribution < -0.4 is 11.4 Å². The average Bonchev–Trinajstić information content (AvgIpc) is 3.38. The number of nitrogens with zero attached hydrogens (tertiary/aromatic N) is 3. The molecule has 2 unspecified atom stereocenters. The minimum absolute atomic E-state index is 0.0816. The van der Waals surface area contributed by atoms with Gasteiger partial charge >= 0.3 is 5.69 Å². The second-order valence-electron chi connectivity index (χ2n) is 9.55. The third-order valence-corrected chi connectivity index (χ3v) is 8.16. The van der Waals surface area contributed by atoms with E-state index in [1.807, 2.05) is 34.9 Å². The molecular weight excluding hydrogens is 448 g/mol. The zero-order valence-corrected chi connectivity index (χ0v) is 19.8. The highest BCUT2D eigenvalue weighted by molar-refractivity contribution is 6.32. The Morgan fingerprint density at radius 2 is 1.76 bits per heavy atom. The topological polar surface area (TPSA) is 73.3 Å². The van der Waals surface area contributed by atoms with E-state index in [1.54, 1.807) is 11.5 Å². The van der Waals surface area contributed by atoms with E-state index in [0.717, 1.165) is 48.4 Å². The Labute approximate surface area is 202 Å². The first-order valence-electron chi connectivity index (χ1n) is 11.9. The molecule has 1 saturated heterocycles. The lowest BCUT2D eigenvalue weighted by molar-refractivity contribution is -0.120. The van der Waals surface area contributed by atoms with Crippen molar-refractivity contribution in [2.24, 2.45) is 5.73 Å². The SMILES string of the molecule is CC(C(N)=O)n1c(=O)n(C2CCN(C3Cc4c(Cl)ccc5cccc3c45)CC2)c2ccccc21. The summed E-state index contributed by atoms with van der Waals surface area (Å²) >= 11 is 6.58. The molecule has 2 aliphatic rings. The molecule has 0 saturated carbocycles. The van der Waals surface area contributed by atoms with Gasteiger partial charge in [-0.05, 0) is 66.3 Å². The number of nitrogens with two attached hydrogens (primary N) is 1. The van der Waals surface area contributed by atoms with Gasteiger partial charge in [0.05, 0.1) is 11.0 Å². The van der Waals surface area contributed by atoms with E-state index in [9.17, 15) is 9.59 Å². The van der Waals surface area contributed by atoms with E-state index in [0.29, 0.717) is 6.04 Å². The molecule has 6 rings (SSSR count). The van der Waals surface area contributed by atoms with Crippen LogP contribution in [0.25, 0.3) is 21.8 Å². The monoisotopic (exact) mass is 474 g/mol. The van der Waals surface area contributed by atoms with E-state index in [2.05, 4.69) is 29.2 Å². The standard InChI is InChI=1S/C27H27ClN4O2/c1-16(26(29)33)31-22-7-2-3-8-23(22)32(27(31)34)18-11-13-30(14-12-18)24-15-20-21(28)10-9-17-5-4-6-19(24)25(17)20/h2-10,16,18,24H,11-15H2,1H3,(H2,29,33). The lowest BCUT2D eigenvalue weighted by Crippen LogP contribution is -2.40. The maximum absolute atomic E-state index is 13.5. The summed E-state index contributed by atoms with van der Waals surface area (Å²) in [5, 5.41) is 3.40. The minimum atomic E-state index is -0.694. The summed E-state index contributed by atoms with van der Waals surface area (Å²) in [5.41, 5.74) is 9.63. The molecule has 1 aliphatic heterocycles. The predicted molar refractivity (Wildman–Crippen MR) is 135 cm³/mol. The zero-order valence-electron chi connectivity index (χ0n) is 19.1. The van der Waals surface area contributed by atoms with Crippen molar-refractivity contribution < 1.29 is 4.79 Å². The maximum atomic E-state index is 13.5. The van der Waals surface area contributed by atoms with Crippen LogP contribution in [0.1, 0.15) is 49.0 Å². The van der Waals surface area contributed by atoms with Crippen LogP contribution in [0.3, 0.4) is 0 Å². The number of amides is 1. The van der Waals surface area contributed by atoms with Crippen LogP contribution in [0.15, 0.2) is 59.4 Å². The fraction of sp³-hybridized carbons (Fsp3) is 0.333. The van der Waals surface area contributed by atoms with Gasteiger partial charge < -0.3 is 5.73 Å². The third kappa shape index (κ3) is 3.12. The number of hydrogen-bond donors (Lipinski definition) is 1. The Morgan fingerprint density at radius 1 is 1.03 bits per heavy atom. The first kappa shape index (κ1) is 21.4. The molecule has 2 atom stereocenters. The number of para-hydroxylation sites is 2. The summed E-state index contributed by atoms with van der Waals surface area (Å²) < 4.78 is 3.42. The van der Waals surface area contributed by atoms with E-state index < -0.39 is 11.9 Å². The molecule has 1 aliphatic carbocycles. The van der Waals surface area contributed by atoms with Gasteiger partial charge in [-0.3, -0.25) is 18.8 Å². The van der Waals surface area contributed by atoms with Crippen molar-refractivity contribution in [2.75, 3.05) is 13.1 Å². The molecule has 2 heterocycles. The molecule has 1 amide bonds. The molecule has 6 nitrogen and oxygen atoms in total. The molecule has 7 heteroatoms. The van der Waals surface area contributed by atoms with Crippen LogP contribution in [0, 0.1) is 0 Å². The van der Waals surface area contributed by atoms with E-state index >= 15 is 0 Å². The lowest BCUT2D eigenvalue weighted by atomic mass is 9.99. The predicted octanol–water partition coefficient (Wildman–Crippen LogP) is 4.59. The lowest BCUT2D eigenvalue weighted by Gasteiger charge is -2.37. The molecule has 0 spiro atoms. The molecule has 3 aromatic carbocycles. The Hall–Kier alpha value is -3.09. The zero-order chi connectivity index (χ0) is 23.6. The Bertz CT molecular complexity index is 1500. The van der Waals surface area contributed by atoms with Gasteiger partial charge in [-0.15, -0.1) is 0 Å². The number of primary amides is 1. The Balaban J connectivity index is 1.30. The van der Waals surface area contributed by atoms with Gasteiger partial charge in [0, 0.05) is 30.2 Å². The first-order valence-corrected chi connectivity index (χ1v) is 12.3. The second-order valence-corrected chi connectivity index (χ2v) is 9.96. The van der Waals surface area contributed by atoms with Crippen molar-refractivity contribution in [1.29, 1.82) is 0 Å². The Kier molecular flexibility index (Phi) is 5.04. The first-order chi connectivity index (χ1) is 16.5. The average molecular weight is 475 g/mol. The maximum Gasteiger partial charge on any atom is 0.330 e. The molecule has 0 radical (unpaired) electrons. The third-order valence-electron chi connectivity index (χ3n) is 7.80. The highest BCUT2D eigenvalue weighted by Gasteiger charge is 2.34. The van der Waals surface area contributed by atoms with E-state index in [1.165, 1.54) is 21.9 Å². The molecule has 174 valence electrons. The van der Waals surface area contributed by atoms with Gasteiger partial charge in [-0.25, -0.2) is 4.79 Å². The number of carbonyl (C=O) groups is 1. The number of likely N-dealkylation sites (tertiary alicyclic amines) is 1. The molecule has 1 aromatic heterocycles. The summed E-state index contributed by atoms with van der Waals surface area (Å²) in [5.74, 6) is -0.506. The molecule has 34 heavy (non-hydrogen) atoms. The summed E-state index contributed by atoms with van der Waals surface area (Å²) in [4.78, 5) is 27.9. The molecule has 4 aromatic rings. The summed E-state index contributed by atoms with van der Waals surface area (Å²) in [6.07, 6.45) is 2.67. The van der Waals surface area contributed by atoms with Crippen LogP contribution in [0.4, 0.5) is 0 Å². The number of benzene rings is 3.